The maximum atomic E-state index is 12.7. The van der Waals surface area contributed by atoms with E-state index in [1.54, 1.807) is 0 Å². The van der Waals surface area contributed by atoms with Gasteiger partial charge in [0, 0.05) is 19.3 Å². The van der Waals surface area contributed by atoms with Gasteiger partial charge in [-0.1, -0.05) is 245 Å². The highest BCUT2D eigenvalue weighted by molar-refractivity contribution is 5.71. The topological polar surface area (TPSA) is 78.9 Å². The van der Waals surface area contributed by atoms with Crippen LogP contribution in [0.5, 0.6) is 0 Å². The molecule has 0 bridgehead atoms. The first-order valence-electron chi connectivity index (χ1n) is 26.7. The Morgan fingerprint density at radius 1 is 0.317 bits per heavy atom. The molecule has 0 spiro atoms. The lowest BCUT2D eigenvalue weighted by molar-refractivity contribution is -0.167. The van der Waals surface area contributed by atoms with E-state index in [-0.39, 0.29) is 31.1 Å². The zero-order valence-corrected chi connectivity index (χ0v) is 40.5. The smallest absolute Gasteiger partial charge is 0.306 e. The summed E-state index contributed by atoms with van der Waals surface area (Å²) in [5.41, 5.74) is 0. The molecule has 60 heavy (non-hydrogen) atoms. The van der Waals surface area contributed by atoms with Gasteiger partial charge in [0.2, 0.25) is 0 Å². The number of unbranched alkanes of at least 4 members (excludes halogenated alkanes) is 36. The van der Waals surface area contributed by atoms with E-state index in [0.29, 0.717) is 19.3 Å². The summed E-state index contributed by atoms with van der Waals surface area (Å²) >= 11 is 0. The van der Waals surface area contributed by atoms with Crippen molar-refractivity contribution in [3.63, 3.8) is 0 Å². The Morgan fingerprint density at radius 3 is 0.833 bits per heavy atom. The summed E-state index contributed by atoms with van der Waals surface area (Å²) < 4.78 is 16.7. The summed E-state index contributed by atoms with van der Waals surface area (Å²) in [7, 11) is 0. The van der Waals surface area contributed by atoms with Crippen LogP contribution >= 0.6 is 0 Å². The van der Waals surface area contributed by atoms with Gasteiger partial charge in [0.25, 0.3) is 0 Å². The molecule has 0 N–H and O–H groups in total. The van der Waals surface area contributed by atoms with E-state index in [0.717, 1.165) is 57.8 Å². The van der Waals surface area contributed by atoms with E-state index in [9.17, 15) is 14.4 Å². The van der Waals surface area contributed by atoms with E-state index in [1.165, 1.54) is 199 Å². The molecule has 0 saturated carbocycles. The fourth-order valence-electron chi connectivity index (χ4n) is 7.97. The van der Waals surface area contributed by atoms with Crippen LogP contribution in [0.25, 0.3) is 0 Å². The zero-order chi connectivity index (χ0) is 43.7. The van der Waals surface area contributed by atoms with Gasteiger partial charge in [-0.05, 0) is 44.9 Å². The molecule has 1 atom stereocenters. The van der Waals surface area contributed by atoms with Gasteiger partial charge >= 0.3 is 17.9 Å². The third kappa shape index (κ3) is 47.2. The summed E-state index contributed by atoms with van der Waals surface area (Å²) in [6.07, 6.45) is 55.0. The van der Waals surface area contributed by atoms with Crippen molar-refractivity contribution in [1.82, 2.24) is 0 Å². The van der Waals surface area contributed by atoms with Crippen LogP contribution in [0.4, 0.5) is 0 Å². The Bertz CT molecular complexity index is 931. The molecular weight excluding hydrogens is 745 g/mol. The predicted octanol–water partition coefficient (Wildman–Crippen LogP) is 17.4. The van der Waals surface area contributed by atoms with Gasteiger partial charge in [-0.3, -0.25) is 14.4 Å². The van der Waals surface area contributed by atoms with Crippen molar-refractivity contribution >= 4 is 17.9 Å². The number of esters is 3. The average Bonchev–Trinajstić information content (AvgIpc) is 3.24. The van der Waals surface area contributed by atoms with Crippen LogP contribution in [0.15, 0.2) is 12.2 Å². The monoisotopic (exact) mass is 847 g/mol. The SMILES string of the molecule is CCCCCCCCCC/C=C\CCCCCCCCCCCCCC(=O)OCC(COC(=O)CCCCCCCCCCC)OC(=O)CCCCCCCCCCCC. The number of carbonyl (C=O) groups is 3. The molecule has 0 rings (SSSR count). The quantitative estimate of drug-likeness (QED) is 0.0263. The first-order valence-corrected chi connectivity index (χ1v) is 26.7. The van der Waals surface area contributed by atoms with Crippen molar-refractivity contribution in [3.05, 3.63) is 12.2 Å². The second kappa shape index (κ2) is 49.8. The zero-order valence-electron chi connectivity index (χ0n) is 40.5. The van der Waals surface area contributed by atoms with Gasteiger partial charge in [-0.25, -0.2) is 0 Å². The molecule has 1 unspecified atom stereocenters. The van der Waals surface area contributed by atoms with Crippen molar-refractivity contribution in [2.75, 3.05) is 13.2 Å². The number of ether oxygens (including phenoxy) is 3. The molecule has 0 saturated heterocycles. The molecule has 0 aliphatic heterocycles. The number of rotatable bonds is 49. The second-order valence-corrected chi connectivity index (χ2v) is 18.2. The fraction of sp³-hybridized carbons (Fsp3) is 0.907. The second-order valence-electron chi connectivity index (χ2n) is 18.2. The highest BCUT2D eigenvalue weighted by atomic mass is 16.6. The van der Waals surface area contributed by atoms with Gasteiger partial charge in [-0.15, -0.1) is 0 Å². The summed E-state index contributed by atoms with van der Waals surface area (Å²) in [4.78, 5) is 37.8. The number of hydrogen-bond donors (Lipinski definition) is 0. The molecule has 0 aromatic carbocycles. The van der Waals surface area contributed by atoms with Crippen LogP contribution in [0, 0.1) is 0 Å². The standard InChI is InChI=1S/C54H102O6/c1-4-7-10-13-16-19-21-22-23-24-25-26-27-28-29-30-31-32-33-36-38-41-44-47-53(56)59-50-51(49-58-52(55)46-43-40-37-34-18-15-12-9-6-3)60-54(57)48-45-42-39-35-20-17-14-11-8-5-2/h24-25,51H,4-23,26-50H2,1-3H3/b25-24-. The van der Waals surface area contributed by atoms with Crippen molar-refractivity contribution < 1.29 is 28.6 Å². The van der Waals surface area contributed by atoms with Gasteiger partial charge in [0.1, 0.15) is 13.2 Å². The van der Waals surface area contributed by atoms with E-state index in [2.05, 4.69) is 32.9 Å². The Balaban J connectivity index is 4.12. The van der Waals surface area contributed by atoms with Crippen molar-refractivity contribution in [2.45, 2.75) is 303 Å². The lowest BCUT2D eigenvalue weighted by Crippen LogP contribution is -2.30. The molecule has 6 heteroatoms. The Morgan fingerprint density at radius 2 is 0.550 bits per heavy atom. The number of allylic oxidation sites excluding steroid dienone is 2. The summed E-state index contributed by atoms with van der Waals surface area (Å²) in [5, 5.41) is 0. The molecule has 0 aromatic heterocycles. The van der Waals surface area contributed by atoms with Crippen molar-refractivity contribution in [1.29, 1.82) is 0 Å². The minimum Gasteiger partial charge on any atom is -0.462 e. The average molecular weight is 847 g/mol. The third-order valence-electron chi connectivity index (χ3n) is 12.0. The van der Waals surface area contributed by atoms with Gasteiger partial charge in [0.05, 0.1) is 0 Å². The molecule has 0 aromatic rings. The summed E-state index contributed by atoms with van der Waals surface area (Å²) in [5.74, 6) is -0.855. The Hall–Kier alpha value is -1.85. The van der Waals surface area contributed by atoms with E-state index in [1.807, 2.05) is 0 Å². The summed E-state index contributed by atoms with van der Waals surface area (Å²) in [6.45, 7) is 6.64. The maximum absolute atomic E-state index is 12.7. The normalized spacial score (nSPS) is 12.0. The molecular formula is C54H102O6. The van der Waals surface area contributed by atoms with Crippen LogP contribution in [0.2, 0.25) is 0 Å². The fourth-order valence-corrected chi connectivity index (χ4v) is 7.97. The first-order chi connectivity index (χ1) is 29.5. The molecule has 0 aliphatic carbocycles. The van der Waals surface area contributed by atoms with Crippen LogP contribution in [-0.4, -0.2) is 37.2 Å². The van der Waals surface area contributed by atoms with E-state index < -0.39 is 6.10 Å². The number of hydrogen-bond acceptors (Lipinski definition) is 6. The minimum absolute atomic E-state index is 0.0654. The molecule has 0 heterocycles. The van der Waals surface area contributed by atoms with Gasteiger partial charge < -0.3 is 14.2 Å². The highest BCUT2D eigenvalue weighted by Gasteiger charge is 2.19. The molecule has 0 amide bonds. The number of carbonyl (C=O) groups excluding carboxylic acids is 3. The van der Waals surface area contributed by atoms with Crippen LogP contribution < -0.4 is 0 Å². The molecule has 6 nitrogen and oxygen atoms in total. The first kappa shape index (κ1) is 58.1. The lowest BCUT2D eigenvalue weighted by atomic mass is 10.0. The Kier molecular flexibility index (Phi) is 48.3. The molecule has 354 valence electrons. The van der Waals surface area contributed by atoms with E-state index >= 15 is 0 Å². The van der Waals surface area contributed by atoms with Crippen molar-refractivity contribution in [3.8, 4) is 0 Å². The molecule has 0 aliphatic rings. The van der Waals surface area contributed by atoms with Crippen LogP contribution in [-0.2, 0) is 28.6 Å². The van der Waals surface area contributed by atoms with Crippen LogP contribution in [0.3, 0.4) is 0 Å². The lowest BCUT2D eigenvalue weighted by Gasteiger charge is -2.18. The van der Waals surface area contributed by atoms with Crippen LogP contribution in [0.1, 0.15) is 297 Å². The highest BCUT2D eigenvalue weighted by Crippen LogP contribution is 2.16. The summed E-state index contributed by atoms with van der Waals surface area (Å²) in [6, 6.07) is 0. The minimum atomic E-state index is -0.761. The van der Waals surface area contributed by atoms with Crippen molar-refractivity contribution in [2.24, 2.45) is 0 Å². The maximum Gasteiger partial charge on any atom is 0.306 e. The van der Waals surface area contributed by atoms with Gasteiger partial charge in [-0.2, -0.15) is 0 Å². The molecule has 0 fully saturated rings. The third-order valence-corrected chi connectivity index (χ3v) is 12.0. The Labute approximate surface area is 373 Å². The molecule has 0 radical (unpaired) electrons. The van der Waals surface area contributed by atoms with E-state index in [4.69, 9.17) is 14.2 Å². The largest absolute Gasteiger partial charge is 0.462 e. The van der Waals surface area contributed by atoms with Gasteiger partial charge in [0.15, 0.2) is 6.10 Å². The predicted molar refractivity (Wildman–Crippen MR) is 256 cm³/mol.